The van der Waals surface area contributed by atoms with Gasteiger partial charge in [-0.2, -0.15) is 8.42 Å². The summed E-state index contributed by atoms with van der Waals surface area (Å²) in [6, 6.07) is 0. The molecule has 0 fully saturated rings. The summed E-state index contributed by atoms with van der Waals surface area (Å²) >= 11 is 0. The number of unbranched alkanes of at least 4 members (excludes halogenated alkanes) is 4. The molecule has 0 radical (unpaired) electrons. The maximum atomic E-state index is 11.5. The second-order valence-electron chi connectivity index (χ2n) is 6.62. The molecule has 28 heavy (non-hydrogen) atoms. The molecule has 0 bridgehead atoms. The van der Waals surface area contributed by atoms with Crippen molar-refractivity contribution >= 4 is 16.0 Å². The Morgan fingerprint density at radius 2 is 1.32 bits per heavy atom. The lowest BCUT2D eigenvalue weighted by Gasteiger charge is -2.02. The average molecular weight is 412 g/mol. The molecule has 0 aliphatic carbocycles. The third-order valence-corrected chi connectivity index (χ3v) is 4.63. The van der Waals surface area contributed by atoms with Gasteiger partial charge in [-0.1, -0.05) is 68.4 Å². The van der Waals surface area contributed by atoms with Gasteiger partial charge in [0.05, 0.1) is 5.75 Å². The van der Waals surface area contributed by atoms with Crippen molar-refractivity contribution < 1.29 is 17.8 Å². The topological polar surface area (TPSA) is 83.5 Å². The van der Waals surface area contributed by atoms with Gasteiger partial charge in [0.25, 0.3) is 10.1 Å². The summed E-state index contributed by atoms with van der Waals surface area (Å²) in [6.45, 7) is 2.17. The molecule has 0 unspecified atom stereocenters. The minimum absolute atomic E-state index is 0.0536. The largest absolute Gasteiger partial charge is 0.355 e. The summed E-state index contributed by atoms with van der Waals surface area (Å²) in [6.07, 6.45) is 27.0. The zero-order chi connectivity index (χ0) is 20.9. The summed E-state index contributed by atoms with van der Waals surface area (Å²) in [4.78, 5) is 11.5. The number of carbonyl (C=O) groups excluding carboxylic acids is 1. The third kappa shape index (κ3) is 22.4. The van der Waals surface area contributed by atoms with Crippen LogP contribution in [-0.2, 0) is 14.9 Å². The highest BCUT2D eigenvalue weighted by atomic mass is 32.2. The molecule has 1 amide bonds. The molecular formula is C22H37NO4S. The fourth-order valence-electron chi connectivity index (χ4n) is 2.35. The molecule has 0 rings (SSSR count). The highest BCUT2D eigenvalue weighted by Gasteiger charge is 2.05. The van der Waals surface area contributed by atoms with Gasteiger partial charge in [-0.25, -0.2) is 0 Å². The number of nitrogens with one attached hydrogen (secondary N) is 1. The van der Waals surface area contributed by atoms with E-state index in [2.05, 4.69) is 60.8 Å². The second kappa shape index (κ2) is 18.7. The van der Waals surface area contributed by atoms with Crippen LogP contribution in [0.5, 0.6) is 0 Å². The van der Waals surface area contributed by atoms with Crippen LogP contribution < -0.4 is 5.32 Å². The summed E-state index contributed by atoms with van der Waals surface area (Å²) in [5.41, 5.74) is 0. The van der Waals surface area contributed by atoms with Gasteiger partial charge < -0.3 is 5.32 Å². The first-order valence-corrected chi connectivity index (χ1v) is 11.9. The van der Waals surface area contributed by atoms with Gasteiger partial charge in [0.1, 0.15) is 0 Å². The number of allylic oxidation sites excluding steroid dienone is 8. The van der Waals surface area contributed by atoms with Gasteiger partial charge in [-0.3, -0.25) is 9.35 Å². The zero-order valence-corrected chi connectivity index (χ0v) is 18.0. The van der Waals surface area contributed by atoms with Crippen LogP contribution in [0.4, 0.5) is 0 Å². The molecule has 160 valence electrons. The number of carbonyl (C=O) groups is 1. The van der Waals surface area contributed by atoms with Crippen molar-refractivity contribution in [2.45, 2.75) is 71.1 Å². The smallest absolute Gasteiger partial charge is 0.266 e. The molecule has 0 aliphatic heterocycles. The summed E-state index contributed by atoms with van der Waals surface area (Å²) in [7, 11) is -4.01. The molecule has 0 aliphatic rings. The Labute approximate surface area is 171 Å². The molecule has 0 aromatic heterocycles. The fourth-order valence-corrected chi connectivity index (χ4v) is 2.71. The predicted molar refractivity (Wildman–Crippen MR) is 118 cm³/mol. The van der Waals surface area contributed by atoms with E-state index in [1.54, 1.807) is 0 Å². The maximum Gasteiger partial charge on any atom is 0.266 e. The number of hydrogen-bond donors (Lipinski definition) is 2. The highest BCUT2D eigenvalue weighted by molar-refractivity contribution is 7.85. The van der Waals surface area contributed by atoms with Crippen molar-refractivity contribution in [3.8, 4) is 0 Å². The molecule has 0 aromatic carbocycles. The number of hydrogen-bond acceptors (Lipinski definition) is 3. The van der Waals surface area contributed by atoms with Crippen LogP contribution in [0.15, 0.2) is 48.6 Å². The van der Waals surface area contributed by atoms with Gasteiger partial charge in [0.15, 0.2) is 0 Å². The molecule has 0 aromatic rings. The third-order valence-electron chi connectivity index (χ3n) is 3.91. The van der Waals surface area contributed by atoms with E-state index in [0.717, 1.165) is 25.7 Å². The van der Waals surface area contributed by atoms with E-state index in [9.17, 15) is 13.2 Å². The van der Waals surface area contributed by atoms with E-state index in [4.69, 9.17) is 4.55 Å². The van der Waals surface area contributed by atoms with E-state index < -0.39 is 15.9 Å². The average Bonchev–Trinajstić information content (AvgIpc) is 2.63. The first-order chi connectivity index (χ1) is 13.5. The Kier molecular flexibility index (Phi) is 17.6. The normalized spacial score (nSPS) is 12.8. The lowest BCUT2D eigenvalue weighted by Crippen LogP contribution is -2.28. The number of rotatable bonds is 17. The van der Waals surface area contributed by atoms with E-state index in [0.29, 0.717) is 12.8 Å². The minimum atomic E-state index is -4.01. The summed E-state index contributed by atoms with van der Waals surface area (Å²) in [5, 5.41) is 2.47. The van der Waals surface area contributed by atoms with Crippen LogP contribution in [0.1, 0.15) is 71.1 Å². The second-order valence-corrected chi connectivity index (χ2v) is 8.19. The van der Waals surface area contributed by atoms with Gasteiger partial charge in [0, 0.05) is 13.0 Å². The Morgan fingerprint density at radius 3 is 1.82 bits per heavy atom. The Bertz CT molecular complexity index is 604. The number of amides is 1. The summed E-state index contributed by atoms with van der Waals surface area (Å²) < 4.78 is 29.6. The Morgan fingerprint density at radius 1 is 0.821 bits per heavy atom. The standard InChI is InChI=1S/C22H37NO4S/c1-2-3-4-5-6-7-8-9-10-11-12-13-14-15-16-17-18-19-22(24)23-20-21-28(25,26)27/h6-7,9-10,12-13,15-16H,2-5,8,11,14,17-21H2,1H3,(H,23,24)(H,25,26,27)/b7-6+,10-9+,13-12+,16-15+. The summed E-state index contributed by atoms with van der Waals surface area (Å²) in [5.74, 6) is -0.643. The molecule has 0 atom stereocenters. The highest BCUT2D eigenvalue weighted by Crippen LogP contribution is 2.01. The van der Waals surface area contributed by atoms with Gasteiger partial charge in [-0.05, 0) is 44.9 Å². The van der Waals surface area contributed by atoms with Crippen LogP contribution in [-0.4, -0.2) is 31.2 Å². The van der Waals surface area contributed by atoms with Crippen LogP contribution in [0.25, 0.3) is 0 Å². The maximum absolute atomic E-state index is 11.5. The van der Waals surface area contributed by atoms with Crippen molar-refractivity contribution in [1.82, 2.24) is 5.32 Å². The molecular weight excluding hydrogens is 374 g/mol. The van der Waals surface area contributed by atoms with Crippen molar-refractivity contribution in [2.75, 3.05) is 12.3 Å². The van der Waals surface area contributed by atoms with Crippen LogP contribution in [0.3, 0.4) is 0 Å². The van der Waals surface area contributed by atoms with E-state index in [-0.39, 0.29) is 12.5 Å². The SMILES string of the molecule is CCCCC/C=C/C/C=C/C/C=C/C/C=C/CCCC(=O)NCCS(=O)(=O)O. The van der Waals surface area contributed by atoms with Crippen molar-refractivity contribution in [2.24, 2.45) is 0 Å². The molecule has 0 saturated carbocycles. The van der Waals surface area contributed by atoms with Gasteiger partial charge in [-0.15, -0.1) is 0 Å². The van der Waals surface area contributed by atoms with Gasteiger partial charge >= 0.3 is 0 Å². The van der Waals surface area contributed by atoms with Crippen LogP contribution >= 0.6 is 0 Å². The fraction of sp³-hybridized carbons (Fsp3) is 0.591. The van der Waals surface area contributed by atoms with Crippen molar-refractivity contribution in [3.63, 3.8) is 0 Å². The molecule has 6 heteroatoms. The van der Waals surface area contributed by atoms with E-state index >= 15 is 0 Å². The lowest BCUT2D eigenvalue weighted by atomic mass is 10.2. The Hall–Kier alpha value is -1.66. The lowest BCUT2D eigenvalue weighted by molar-refractivity contribution is -0.121. The zero-order valence-electron chi connectivity index (χ0n) is 17.2. The molecule has 0 heterocycles. The monoisotopic (exact) mass is 411 g/mol. The van der Waals surface area contributed by atoms with Crippen molar-refractivity contribution in [1.29, 1.82) is 0 Å². The molecule has 0 saturated heterocycles. The van der Waals surface area contributed by atoms with Crippen LogP contribution in [0.2, 0.25) is 0 Å². The molecule has 5 nitrogen and oxygen atoms in total. The van der Waals surface area contributed by atoms with Gasteiger partial charge in [0.2, 0.25) is 5.91 Å². The predicted octanol–water partition coefficient (Wildman–Crippen LogP) is 5.14. The minimum Gasteiger partial charge on any atom is -0.355 e. The quantitative estimate of drug-likeness (QED) is 0.197. The van der Waals surface area contributed by atoms with Crippen molar-refractivity contribution in [3.05, 3.63) is 48.6 Å². The van der Waals surface area contributed by atoms with Crippen LogP contribution in [0, 0.1) is 0 Å². The molecule has 2 N–H and O–H groups in total. The van der Waals surface area contributed by atoms with E-state index in [1.165, 1.54) is 25.7 Å². The van der Waals surface area contributed by atoms with E-state index in [1.807, 2.05) is 0 Å². The first kappa shape index (κ1) is 26.3. The first-order valence-electron chi connectivity index (χ1n) is 10.3. The molecule has 0 spiro atoms. The Balaban J connectivity index is 3.53.